The Balaban J connectivity index is 1.95. The summed E-state index contributed by atoms with van der Waals surface area (Å²) in [5.74, 6) is 0.433. The van der Waals surface area contributed by atoms with Gasteiger partial charge in [0.25, 0.3) is 0 Å². The van der Waals surface area contributed by atoms with E-state index in [9.17, 15) is 9.90 Å². The van der Waals surface area contributed by atoms with Gasteiger partial charge in [0.05, 0.1) is 12.0 Å². The van der Waals surface area contributed by atoms with E-state index in [-0.39, 0.29) is 12.3 Å². The first-order valence-electron chi connectivity index (χ1n) is 7.10. The molecule has 1 heterocycles. The summed E-state index contributed by atoms with van der Waals surface area (Å²) in [6.45, 7) is 3.98. The second-order valence-corrected chi connectivity index (χ2v) is 5.54. The summed E-state index contributed by atoms with van der Waals surface area (Å²) < 4.78 is 0. The first-order chi connectivity index (χ1) is 9.04. The topological polar surface area (TPSA) is 78.0 Å². The number of hydrogen-bond acceptors (Lipinski definition) is 3. The Kier molecular flexibility index (Phi) is 4.24. The van der Waals surface area contributed by atoms with Gasteiger partial charge in [0.1, 0.15) is 0 Å². The van der Waals surface area contributed by atoms with Gasteiger partial charge in [0.2, 0.25) is 5.91 Å². The molecule has 0 aliphatic heterocycles. The molecule has 2 rings (SSSR count). The maximum atomic E-state index is 12.0. The van der Waals surface area contributed by atoms with Crippen molar-refractivity contribution in [2.45, 2.75) is 64.4 Å². The summed E-state index contributed by atoms with van der Waals surface area (Å²) in [5, 5.41) is 20.2. The van der Waals surface area contributed by atoms with Gasteiger partial charge in [-0.15, -0.1) is 0 Å². The fraction of sp³-hybridized carbons (Fsp3) is 0.714. The number of carbonyl (C=O) groups excluding carboxylic acids is 1. The Bertz CT molecular complexity index is 448. The monoisotopic (exact) mass is 265 g/mol. The summed E-state index contributed by atoms with van der Waals surface area (Å²) >= 11 is 0. The smallest absolute Gasteiger partial charge is 0.228 e. The van der Waals surface area contributed by atoms with Crippen LogP contribution in [0.5, 0.6) is 0 Å². The number of nitrogens with zero attached hydrogens (tertiary/aromatic N) is 1. The number of aliphatic hydroxyl groups is 1. The lowest BCUT2D eigenvalue weighted by atomic mass is 9.82. The maximum Gasteiger partial charge on any atom is 0.228 e. The number of aryl methyl sites for hydroxylation is 1. The summed E-state index contributed by atoms with van der Waals surface area (Å²) in [6, 6.07) is 0. The Morgan fingerprint density at radius 2 is 2.11 bits per heavy atom. The van der Waals surface area contributed by atoms with Crippen LogP contribution in [-0.2, 0) is 11.2 Å². The minimum absolute atomic E-state index is 0.151. The fourth-order valence-electron chi connectivity index (χ4n) is 2.76. The normalized spacial score (nSPS) is 18.3. The van der Waals surface area contributed by atoms with Crippen molar-refractivity contribution in [2.24, 2.45) is 0 Å². The summed E-state index contributed by atoms with van der Waals surface area (Å²) in [5.41, 5.74) is 1.19. The molecule has 0 bridgehead atoms. The summed E-state index contributed by atoms with van der Waals surface area (Å²) in [4.78, 5) is 12.0. The van der Waals surface area contributed by atoms with Crippen molar-refractivity contribution in [2.75, 3.05) is 5.32 Å². The van der Waals surface area contributed by atoms with Crippen LogP contribution in [-0.4, -0.2) is 26.8 Å². The number of anilines is 1. The molecule has 1 aliphatic rings. The van der Waals surface area contributed by atoms with Crippen LogP contribution in [0.4, 0.5) is 5.82 Å². The molecule has 0 unspecified atom stereocenters. The van der Waals surface area contributed by atoms with Gasteiger partial charge in [-0.05, 0) is 26.2 Å². The molecule has 1 fully saturated rings. The Morgan fingerprint density at radius 3 is 2.68 bits per heavy atom. The van der Waals surface area contributed by atoms with Gasteiger partial charge >= 0.3 is 0 Å². The number of aromatic nitrogens is 2. The van der Waals surface area contributed by atoms with E-state index in [0.717, 1.165) is 49.8 Å². The molecular formula is C14H23N3O2. The molecule has 0 aromatic carbocycles. The number of nitrogens with one attached hydrogen (secondary N) is 2. The van der Waals surface area contributed by atoms with Gasteiger partial charge in [-0.2, -0.15) is 5.10 Å². The average Bonchev–Trinajstić information content (AvgIpc) is 2.70. The van der Waals surface area contributed by atoms with Crippen molar-refractivity contribution in [3.8, 4) is 0 Å². The zero-order valence-corrected chi connectivity index (χ0v) is 11.8. The Labute approximate surface area is 113 Å². The molecule has 1 saturated carbocycles. The molecule has 106 valence electrons. The number of amides is 1. The Morgan fingerprint density at radius 1 is 1.42 bits per heavy atom. The second kappa shape index (κ2) is 5.74. The number of carbonyl (C=O) groups is 1. The van der Waals surface area contributed by atoms with Gasteiger partial charge in [-0.25, -0.2) is 0 Å². The molecule has 3 N–H and O–H groups in total. The number of hydrogen-bond donors (Lipinski definition) is 3. The highest BCUT2D eigenvalue weighted by Crippen LogP contribution is 2.31. The number of H-pyrrole nitrogens is 1. The van der Waals surface area contributed by atoms with Crippen molar-refractivity contribution in [3.63, 3.8) is 0 Å². The molecule has 19 heavy (non-hydrogen) atoms. The minimum atomic E-state index is -0.819. The van der Waals surface area contributed by atoms with Crippen molar-refractivity contribution < 1.29 is 9.90 Å². The molecule has 0 saturated heterocycles. The zero-order valence-electron chi connectivity index (χ0n) is 11.8. The molecule has 0 radical (unpaired) electrons. The van der Waals surface area contributed by atoms with Crippen LogP contribution in [0.1, 0.15) is 56.7 Å². The maximum absolute atomic E-state index is 12.0. The molecule has 5 nitrogen and oxygen atoms in total. The van der Waals surface area contributed by atoms with Crippen molar-refractivity contribution in [1.82, 2.24) is 10.2 Å². The SMILES string of the molecule is CCc1[nH]nc(NC(=O)CC2(O)CCCCC2)c1C. The first kappa shape index (κ1) is 14.1. The molecule has 5 heteroatoms. The van der Waals surface area contributed by atoms with Gasteiger partial charge in [-0.3, -0.25) is 9.89 Å². The predicted molar refractivity (Wildman–Crippen MR) is 74.0 cm³/mol. The van der Waals surface area contributed by atoms with Gasteiger partial charge in [0, 0.05) is 11.3 Å². The van der Waals surface area contributed by atoms with E-state index in [0.29, 0.717) is 5.82 Å². The van der Waals surface area contributed by atoms with Crippen LogP contribution in [0.3, 0.4) is 0 Å². The first-order valence-corrected chi connectivity index (χ1v) is 7.10. The standard InChI is InChI=1S/C14H23N3O2/c1-3-11-10(2)13(17-16-11)15-12(18)9-14(19)7-5-4-6-8-14/h19H,3-9H2,1-2H3,(H2,15,16,17,18). The van der Waals surface area contributed by atoms with Crippen LogP contribution < -0.4 is 5.32 Å². The van der Waals surface area contributed by atoms with Gasteiger partial charge < -0.3 is 10.4 Å². The molecule has 1 aromatic heterocycles. The zero-order chi connectivity index (χ0) is 13.9. The number of rotatable bonds is 4. The molecular weight excluding hydrogens is 242 g/mol. The lowest BCUT2D eigenvalue weighted by Gasteiger charge is -2.31. The fourth-order valence-corrected chi connectivity index (χ4v) is 2.76. The van der Waals surface area contributed by atoms with E-state index in [4.69, 9.17) is 0 Å². The average molecular weight is 265 g/mol. The predicted octanol–water partition coefficient (Wildman–Crippen LogP) is 2.30. The number of aromatic amines is 1. The van der Waals surface area contributed by atoms with Crippen LogP contribution in [0.2, 0.25) is 0 Å². The second-order valence-electron chi connectivity index (χ2n) is 5.54. The van der Waals surface area contributed by atoms with Crippen LogP contribution in [0.15, 0.2) is 0 Å². The molecule has 1 amide bonds. The highest BCUT2D eigenvalue weighted by Gasteiger charge is 2.31. The molecule has 0 spiro atoms. The van der Waals surface area contributed by atoms with Crippen molar-refractivity contribution in [1.29, 1.82) is 0 Å². The highest BCUT2D eigenvalue weighted by molar-refractivity contribution is 5.91. The quantitative estimate of drug-likeness (QED) is 0.781. The third kappa shape index (κ3) is 3.35. The third-order valence-corrected chi connectivity index (χ3v) is 4.00. The van der Waals surface area contributed by atoms with Crippen molar-refractivity contribution in [3.05, 3.63) is 11.3 Å². The molecule has 0 atom stereocenters. The van der Waals surface area contributed by atoms with E-state index < -0.39 is 5.60 Å². The lowest BCUT2D eigenvalue weighted by molar-refractivity contribution is -0.122. The summed E-state index contributed by atoms with van der Waals surface area (Å²) in [7, 11) is 0. The largest absolute Gasteiger partial charge is 0.389 e. The highest BCUT2D eigenvalue weighted by atomic mass is 16.3. The van der Waals surface area contributed by atoms with E-state index in [2.05, 4.69) is 15.5 Å². The van der Waals surface area contributed by atoms with Gasteiger partial charge in [0.15, 0.2) is 5.82 Å². The van der Waals surface area contributed by atoms with Crippen molar-refractivity contribution >= 4 is 11.7 Å². The van der Waals surface area contributed by atoms with E-state index in [1.165, 1.54) is 0 Å². The van der Waals surface area contributed by atoms with Crippen LogP contribution in [0, 0.1) is 6.92 Å². The van der Waals surface area contributed by atoms with Gasteiger partial charge in [-0.1, -0.05) is 26.2 Å². The van der Waals surface area contributed by atoms with Crippen LogP contribution >= 0.6 is 0 Å². The van der Waals surface area contributed by atoms with E-state index in [1.54, 1.807) is 0 Å². The van der Waals surface area contributed by atoms with E-state index >= 15 is 0 Å². The van der Waals surface area contributed by atoms with E-state index in [1.807, 2.05) is 13.8 Å². The molecule has 1 aliphatic carbocycles. The minimum Gasteiger partial charge on any atom is -0.389 e. The lowest BCUT2D eigenvalue weighted by Crippen LogP contribution is -2.36. The molecule has 1 aromatic rings. The Hall–Kier alpha value is -1.36. The summed E-state index contributed by atoms with van der Waals surface area (Å²) in [6.07, 6.45) is 5.64. The van der Waals surface area contributed by atoms with Crippen LogP contribution in [0.25, 0.3) is 0 Å². The third-order valence-electron chi connectivity index (χ3n) is 4.00.